The van der Waals surface area contributed by atoms with Gasteiger partial charge in [0.15, 0.2) is 11.5 Å². The Labute approximate surface area is 108 Å². The third kappa shape index (κ3) is 2.94. The molecule has 1 aromatic carbocycles. The lowest BCUT2D eigenvalue weighted by Gasteiger charge is -2.27. The molecule has 0 aromatic heterocycles. The lowest BCUT2D eigenvalue weighted by molar-refractivity contribution is 0.167. The summed E-state index contributed by atoms with van der Waals surface area (Å²) in [6, 6.07) is 6.36. The normalized spacial score (nSPS) is 15.8. The molecule has 0 radical (unpaired) electrons. The molecule has 0 aliphatic carbocycles. The third-order valence-electron chi connectivity index (χ3n) is 2.92. The number of rotatable bonds is 5. The molecule has 0 amide bonds. The zero-order valence-corrected chi connectivity index (χ0v) is 11.0. The molecule has 0 spiro atoms. The fourth-order valence-corrected chi connectivity index (χ4v) is 2.23. The maximum absolute atomic E-state index is 9.20. The van der Waals surface area contributed by atoms with E-state index in [1.54, 1.807) is 0 Å². The summed E-state index contributed by atoms with van der Waals surface area (Å²) in [4.78, 5) is 0. The Morgan fingerprint density at radius 3 is 2.78 bits per heavy atom. The van der Waals surface area contributed by atoms with Crippen molar-refractivity contribution in [3.05, 3.63) is 23.8 Å². The van der Waals surface area contributed by atoms with E-state index in [9.17, 15) is 5.11 Å². The Morgan fingerprint density at radius 2 is 2.06 bits per heavy atom. The minimum atomic E-state index is 0.0895. The summed E-state index contributed by atoms with van der Waals surface area (Å²) in [5.41, 5.74) is 1.06. The van der Waals surface area contributed by atoms with Gasteiger partial charge in [-0.05, 0) is 12.5 Å². The molecule has 1 unspecified atom stereocenters. The van der Waals surface area contributed by atoms with Crippen molar-refractivity contribution in [2.75, 3.05) is 19.8 Å². The van der Waals surface area contributed by atoms with Crippen molar-refractivity contribution in [1.29, 1.82) is 0 Å². The van der Waals surface area contributed by atoms with Crippen LogP contribution in [0.25, 0.3) is 0 Å². The van der Waals surface area contributed by atoms with Gasteiger partial charge >= 0.3 is 0 Å². The van der Waals surface area contributed by atoms with Crippen LogP contribution < -0.4 is 14.8 Å². The Hall–Kier alpha value is -1.26. The Morgan fingerprint density at radius 1 is 1.28 bits per heavy atom. The van der Waals surface area contributed by atoms with Gasteiger partial charge in [0.25, 0.3) is 0 Å². The van der Waals surface area contributed by atoms with E-state index in [4.69, 9.17) is 9.47 Å². The lowest BCUT2D eigenvalue weighted by Crippen LogP contribution is -2.30. The molecule has 1 aromatic rings. The number of aliphatic hydroxyl groups is 1. The number of fused-ring (bicyclic) bond motifs is 1. The summed E-state index contributed by atoms with van der Waals surface area (Å²) in [6.45, 7) is 5.51. The summed E-state index contributed by atoms with van der Waals surface area (Å²) in [7, 11) is 0. The van der Waals surface area contributed by atoms with Crippen molar-refractivity contribution in [2.24, 2.45) is 0 Å². The van der Waals surface area contributed by atoms with Gasteiger partial charge in [-0.2, -0.15) is 0 Å². The SMILES string of the molecule is CC(C)NC(CCO)c1cccc2c1OCCO2. The topological polar surface area (TPSA) is 50.7 Å². The smallest absolute Gasteiger partial charge is 0.166 e. The van der Waals surface area contributed by atoms with Crippen molar-refractivity contribution in [3.8, 4) is 11.5 Å². The molecule has 0 fully saturated rings. The van der Waals surface area contributed by atoms with E-state index in [0.29, 0.717) is 25.7 Å². The predicted molar refractivity (Wildman–Crippen MR) is 70.1 cm³/mol. The average Bonchev–Trinajstić information content (AvgIpc) is 2.37. The van der Waals surface area contributed by atoms with Crippen LogP contribution in [0.2, 0.25) is 0 Å². The van der Waals surface area contributed by atoms with Crippen molar-refractivity contribution in [2.45, 2.75) is 32.4 Å². The van der Waals surface area contributed by atoms with Crippen LogP contribution in [0, 0.1) is 0 Å². The van der Waals surface area contributed by atoms with Gasteiger partial charge in [-0.1, -0.05) is 26.0 Å². The zero-order chi connectivity index (χ0) is 13.0. The van der Waals surface area contributed by atoms with Crippen molar-refractivity contribution in [3.63, 3.8) is 0 Å². The van der Waals surface area contributed by atoms with Crippen LogP contribution in [0.1, 0.15) is 31.9 Å². The fraction of sp³-hybridized carbons (Fsp3) is 0.571. The number of para-hydroxylation sites is 1. The van der Waals surface area contributed by atoms with Gasteiger partial charge in [0.2, 0.25) is 0 Å². The number of benzene rings is 1. The first kappa shape index (κ1) is 13.2. The van der Waals surface area contributed by atoms with Crippen LogP contribution in [0.4, 0.5) is 0 Å². The summed E-state index contributed by atoms with van der Waals surface area (Å²) >= 11 is 0. The molecule has 1 aliphatic rings. The molecule has 4 nitrogen and oxygen atoms in total. The standard InChI is InChI=1S/C14H21NO3/c1-10(2)15-12(6-7-16)11-4-3-5-13-14(11)18-9-8-17-13/h3-5,10,12,15-16H,6-9H2,1-2H3. The highest BCUT2D eigenvalue weighted by Gasteiger charge is 2.22. The molecule has 1 atom stereocenters. The Bertz CT molecular complexity index is 393. The number of ether oxygens (including phenoxy) is 2. The van der Waals surface area contributed by atoms with E-state index in [2.05, 4.69) is 19.2 Å². The molecule has 0 saturated carbocycles. The third-order valence-corrected chi connectivity index (χ3v) is 2.92. The van der Waals surface area contributed by atoms with Gasteiger partial charge < -0.3 is 19.9 Å². The van der Waals surface area contributed by atoms with E-state index < -0.39 is 0 Å². The number of aliphatic hydroxyl groups excluding tert-OH is 1. The van der Waals surface area contributed by atoms with Gasteiger partial charge in [-0.25, -0.2) is 0 Å². The summed E-state index contributed by atoms with van der Waals surface area (Å²) in [5, 5.41) is 12.7. The van der Waals surface area contributed by atoms with Crippen LogP contribution in [-0.2, 0) is 0 Å². The Balaban J connectivity index is 2.28. The van der Waals surface area contributed by atoms with Crippen molar-refractivity contribution in [1.82, 2.24) is 5.32 Å². The van der Waals surface area contributed by atoms with Crippen LogP contribution in [-0.4, -0.2) is 31.0 Å². The molecule has 2 N–H and O–H groups in total. The lowest BCUT2D eigenvalue weighted by atomic mass is 10.0. The Kier molecular flexibility index (Phi) is 4.44. The van der Waals surface area contributed by atoms with Gasteiger partial charge in [-0.3, -0.25) is 0 Å². The van der Waals surface area contributed by atoms with Crippen LogP contribution in [0.3, 0.4) is 0 Å². The quantitative estimate of drug-likeness (QED) is 0.839. The number of hydrogen-bond donors (Lipinski definition) is 2. The molecule has 2 rings (SSSR count). The highest BCUT2D eigenvalue weighted by molar-refractivity contribution is 5.48. The van der Waals surface area contributed by atoms with E-state index in [0.717, 1.165) is 17.1 Å². The van der Waals surface area contributed by atoms with E-state index in [-0.39, 0.29) is 12.6 Å². The first-order valence-electron chi connectivity index (χ1n) is 6.47. The summed E-state index contributed by atoms with van der Waals surface area (Å²) in [5.74, 6) is 1.61. The highest BCUT2D eigenvalue weighted by Crippen LogP contribution is 2.37. The van der Waals surface area contributed by atoms with Crippen LogP contribution in [0.15, 0.2) is 18.2 Å². The average molecular weight is 251 g/mol. The van der Waals surface area contributed by atoms with Gasteiger partial charge in [0.1, 0.15) is 13.2 Å². The summed E-state index contributed by atoms with van der Waals surface area (Å²) < 4.78 is 11.3. The first-order valence-corrected chi connectivity index (χ1v) is 6.47. The second kappa shape index (κ2) is 6.07. The first-order chi connectivity index (χ1) is 8.72. The molecular formula is C14H21NO3. The predicted octanol–water partition coefficient (Wildman–Crippen LogP) is 1.88. The number of hydrogen-bond acceptors (Lipinski definition) is 4. The minimum absolute atomic E-state index is 0.0895. The van der Waals surface area contributed by atoms with E-state index >= 15 is 0 Å². The van der Waals surface area contributed by atoms with Crippen molar-refractivity contribution < 1.29 is 14.6 Å². The van der Waals surface area contributed by atoms with Gasteiger partial charge in [0, 0.05) is 24.3 Å². The molecule has 1 heterocycles. The summed E-state index contributed by atoms with van der Waals surface area (Å²) in [6.07, 6.45) is 0.665. The molecular weight excluding hydrogens is 230 g/mol. The van der Waals surface area contributed by atoms with Crippen molar-refractivity contribution >= 4 is 0 Å². The molecule has 0 bridgehead atoms. The highest BCUT2D eigenvalue weighted by atomic mass is 16.6. The minimum Gasteiger partial charge on any atom is -0.486 e. The largest absolute Gasteiger partial charge is 0.486 e. The second-order valence-corrected chi connectivity index (χ2v) is 4.76. The van der Waals surface area contributed by atoms with Gasteiger partial charge in [0.05, 0.1) is 0 Å². The van der Waals surface area contributed by atoms with E-state index in [1.807, 2.05) is 18.2 Å². The molecule has 4 heteroatoms. The maximum atomic E-state index is 9.20. The number of nitrogens with one attached hydrogen (secondary N) is 1. The van der Waals surface area contributed by atoms with Gasteiger partial charge in [-0.15, -0.1) is 0 Å². The van der Waals surface area contributed by atoms with E-state index in [1.165, 1.54) is 0 Å². The van der Waals surface area contributed by atoms with Crippen LogP contribution in [0.5, 0.6) is 11.5 Å². The van der Waals surface area contributed by atoms with Crippen LogP contribution >= 0.6 is 0 Å². The molecule has 100 valence electrons. The maximum Gasteiger partial charge on any atom is 0.166 e. The fourth-order valence-electron chi connectivity index (χ4n) is 2.23. The monoisotopic (exact) mass is 251 g/mol. The molecule has 18 heavy (non-hydrogen) atoms. The second-order valence-electron chi connectivity index (χ2n) is 4.76. The zero-order valence-electron chi connectivity index (χ0n) is 11.0. The molecule has 1 aliphatic heterocycles. The molecule has 0 saturated heterocycles.